The number of amides is 1. The number of hydrogen-bond acceptors (Lipinski definition) is 3. The number of piperazine rings is 1. The van der Waals surface area contributed by atoms with Crippen LogP contribution in [0, 0.1) is 17.4 Å². The molecule has 0 saturated carbocycles. The van der Waals surface area contributed by atoms with Crippen molar-refractivity contribution in [2.24, 2.45) is 0 Å². The van der Waals surface area contributed by atoms with E-state index in [2.05, 4.69) is 59.5 Å². The van der Waals surface area contributed by atoms with Crippen molar-refractivity contribution in [3.8, 4) is 5.75 Å². The molecule has 2 aromatic rings. The van der Waals surface area contributed by atoms with Crippen LogP contribution in [0.5, 0.6) is 5.75 Å². The summed E-state index contributed by atoms with van der Waals surface area (Å²) >= 11 is 2.25. The smallest absolute Gasteiger partial charge is 0.260 e. The van der Waals surface area contributed by atoms with Crippen LogP contribution in [0.25, 0.3) is 0 Å². The van der Waals surface area contributed by atoms with Crippen molar-refractivity contribution in [3.05, 3.63) is 57.2 Å². The Kier molecular flexibility index (Phi) is 5.83. The summed E-state index contributed by atoms with van der Waals surface area (Å²) in [5.74, 6) is 0.793. The van der Waals surface area contributed by atoms with Gasteiger partial charge in [0.15, 0.2) is 6.61 Å². The van der Waals surface area contributed by atoms with Crippen LogP contribution in [-0.2, 0) is 4.79 Å². The van der Waals surface area contributed by atoms with Crippen LogP contribution >= 0.6 is 22.6 Å². The van der Waals surface area contributed by atoms with Gasteiger partial charge in [0, 0.05) is 35.4 Å². The molecule has 0 aromatic heterocycles. The second-order valence-electron chi connectivity index (χ2n) is 6.33. The molecular weight excluding hydrogens is 427 g/mol. The van der Waals surface area contributed by atoms with Crippen LogP contribution in [0.1, 0.15) is 11.1 Å². The molecule has 5 heteroatoms. The van der Waals surface area contributed by atoms with E-state index in [0.717, 1.165) is 35.5 Å². The van der Waals surface area contributed by atoms with Crippen molar-refractivity contribution in [2.45, 2.75) is 13.8 Å². The third-order valence-corrected chi connectivity index (χ3v) is 5.44. The quantitative estimate of drug-likeness (QED) is 0.668. The molecule has 25 heavy (non-hydrogen) atoms. The standard InChI is InChI=1S/C20H23IN2O2/c1-15-4-3-5-19(16(15)2)22-10-12-23(13-11-22)20(24)14-25-18-8-6-17(21)7-9-18/h3-9H,10-14H2,1-2H3. The number of hydrogen-bond donors (Lipinski definition) is 0. The highest BCUT2D eigenvalue weighted by Gasteiger charge is 2.22. The molecule has 1 fully saturated rings. The van der Waals surface area contributed by atoms with E-state index in [0.29, 0.717) is 0 Å². The first-order valence-electron chi connectivity index (χ1n) is 8.52. The van der Waals surface area contributed by atoms with Crippen molar-refractivity contribution < 1.29 is 9.53 Å². The molecule has 4 nitrogen and oxygen atoms in total. The lowest BCUT2D eigenvalue weighted by Crippen LogP contribution is -2.50. The molecule has 0 radical (unpaired) electrons. The minimum absolute atomic E-state index is 0.0548. The van der Waals surface area contributed by atoms with Crippen molar-refractivity contribution >= 4 is 34.2 Å². The zero-order valence-electron chi connectivity index (χ0n) is 14.7. The first-order valence-corrected chi connectivity index (χ1v) is 9.60. The summed E-state index contributed by atoms with van der Waals surface area (Å²) in [5, 5.41) is 0. The molecule has 1 aliphatic rings. The van der Waals surface area contributed by atoms with Crippen LogP contribution in [0.2, 0.25) is 0 Å². The summed E-state index contributed by atoms with van der Waals surface area (Å²) < 4.78 is 6.77. The van der Waals surface area contributed by atoms with E-state index in [9.17, 15) is 4.79 Å². The van der Waals surface area contributed by atoms with E-state index < -0.39 is 0 Å². The number of halogens is 1. The largest absolute Gasteiger partial charge is 0.484 e. The van der Waals surface area contributed by atoms with Crippen LogP contribution in [0.15, 0.2) is 42.5 Å². The van der Waals surface area contributed by atoms with Gasteiger partial charge < -0.3 is 14.5 Å². The Morgan fingerprint density at radius 3 is 2.40 bits per heavy atom. The highest BCUT2D eigenvalue weighted by atomic mass is 127. The molecule has 1 saturated heterocycles. The number of ether oxygens (including phenoxy) is 1. The number of nitrogens with zero attached hydrogens (tertiary/aromatic N) is 2. The van der Waals surface area contributed by atoms with Gasteiger partial charge in [0.2, 0.25) is 0 Å². The van der Waals surface area contributed by atoms with E-state index in [1.807, 2.05) is 29.2 Å². The van der Waals surface area contributed by atoms with E-state index in [4.69, 9.17) is 4.74 Å². The monoisotopic (exact) mass is 450 g/mol. The summed E-state index contributed by atoms with van der Waals surface area (Å²) in [6.45, 7) is 7.60. The predicted molar refractivity (Wildman–Crippen MR) is 109 cm³/mol. The molecule has 0 atom stereocenters. The maximum Gasteiger partial charge on any atom is 0.260 e. The fraction of sp³-hybridized carbons (Fsp3) is 0.350. The number of benzene rings is 2. The van der Waals surface area contributed by atoms with Gasteiger partial charge in [-0.3, -0.25) is 4.79 Å². The van der Waals surface area contributed by atoms with Gasteiger partial charge in [-0.2, -0.15) is 0 Å². The van der Waals surface area contributed by atoms with Gasteiger partial charge in [0.05, 0.1) is 0 Å². The third-order valence-electron chi connectivity index (χ3n) is 4.73. The van der Waals surface area contributed by atoms with Gasteiger partial charge >= 0.3 is 0 Å². The second kappa shape index (κ2) is 8.08. The van der Waals surface area contributed by atoms with Crippen molar-refractivity contribution in [2.75, 3.05) is 37.7 Å². The normalized spacial score (nSPS) is 14.5. The van der Waals surface area contributed by atoms with Crippen molar-refractivity contribution in [1.29, 1.82) is 0 Å². The highest BCUT2D eigenvalue weighted by molar-refractivity contribution is 14.1. The second-order valence-corrected chi connectivity index (χ2v) is 7.58. The molecule has 1 heterocycles. The maximum atomic E-state index is 12.4. The molecule has 1 amide bonds. The molecule has 0 N–H and O–H groups in total. The molecule has 1 aliphatic heterocycles. The van der Waals surface area contributed by atoms with E-state index >= 15 is 0 Å². The first-order chi connectivity index (χ1) is 12.0. The van der Waals surface area contributed by atoms with Gasteiger partial charge in [-0.1, -0.05) is 12.1 Å². The fourth-order valence-corrected chi connectivity index (χ4v) is 3.40. The first kappa shape index (κ1) is 18.0. The molecule has 0 spiro atoms. The van der Waals surface area contributed by atoms with Crippen LogP contribution < -0.4 is 9.64 Å². The molecule has 3 rings (SSSR count). The molecule has 0 bridgehead atoms. The average Bonchev–Trinajstić information content (AvgIpc) is 2.63. The highest BCUT2D eigenvalue weighted by Crippen LogP contribution is 2.24. The minimum atomic E-state index is 0.0548. The Bertz CT molecular complexity index is 738. The summed E-state index contributed by atoms with van der Waals surface area (Å²) in [4.78, 5) is 16.6. The maximum absolute atomic E-state index is 12.4. The topological polar surface area (TPSA) is 32.8 Å². The van der Waals surface area contributed by atoms with E-state index in [1.165, 1.54) is 16.8 Å². The lowest BCUT2D eigenvalue weighted by Gasteiger charge is -2.37. The molecule has 0 unspecified atom stereocenters. The van der Waals surface area contributed by atoms with Crippen molar-refractivity contribution in [1.82, 2.24) is 4.90 Å². The van der Waals surface area contributed by atoms with Crippen molar-refractivity contribution in [3.63, 3.8) is 0 Å². The summed E-state index contributed by atoms with van der Waals surface area (Å²) in [6, 6.07) is 14.2. The minimum Gasteiger partial charge on any atom is -0.484 e. The van der Waals surface area contributed by atoms with Gasteiger partial charge in [0.25, 0.3) is 5.91 Å². The van der Waals surface area contributed by atoms with Gasteiger partial charge in [-0.15, -0.1) is 0 Å². The Labute approximate surface area is 162 Å². The molecule has 132 valence electrons. The molecule has 0 aliphatic carbocycles. The number of rotatable bonds is 4. The summed E-state index contributed by atoms with van der Waals surface area (Å²) in [7, 11) is 0. The summed E-state index contributed by atoms with van der Waals surface area (Å²) in [6.07, 6.45) is 0. The van der Waals surface area contributed by atoms with Gasteiger partial charge in [-0.05, 0) is 77.9 Å². The average molecular weight is 450 g/mol. The van der Waals surface area contributed by atoms with E-state index in [-0.39, 0.29) is 12.5 Å². The SMILES string of the molecule is Cc1cccc(N2CCN(C(=O)COc3ccc(I)cc3)CC2)c1C. The van der Waals surface area contributed by atoms with E-state index in [1.54, 1.807) is 0 Å². The zero-order chi connectivity index (χ0) is 17.8. The number of anilines is 1. The molecule has 2 aromatic carbocycles. The zero-order valence-corrected chi connectivity index (χ0v) is 16.8. The Morgan fingerprint density at radius 1 is 1.04 bits per heavy atom. The van der Waals surface area contributed by atoms with Gasteiger partial charge in [-0.25, -0.2) is 0 Å². The fourth-order valence-electron chi connectivity index (χ4n) is 3.04. The van der Waals surface area contributed by atoms with Crippen LogP contribution in [-0.4, -0.2) is 43.6 Å². The lowest BCUT2D eigenvalue weighted by molar-refractivity contribution is -0.133. The Balaban J connectivity index is 1.52. The number of carbonyl (C=O) groups is 1. The summed E-state index contributed by atoms with van der Waals surface area (Å²) in [5.41, 5.74) is 3.91. The van der Waals surface area contributed by atoms with Crippen LogP contribution in [0.4, 0.5) is 5.69 Å². The lowest BCUT2D eigenvalue weighted by atomic mass is 10.1. The number of carbonyl (C=O) groups excluding carboxylic acids is 1. The Hall–Kier alpha value is -1.76. The predicted octanol–water partition coefficient (Wildman–Crippen LogP) is 3.64. The van der Waals surface area contributed by atoms with Gasteiger partial charge in [0.1, 0.15) is 5.75 Å². The number of aryl methyl sites for hydroxylation is 1. The van der Waals surface area contributed by atoms with Crippen LogP contribution in [0.3, 0.4) is 0 Å². The molecular formula is C20H23IN2O2. The Morgan fingerprint density at radius 2 is 1.72 bits per heavy atom. The third kappa shape index (κ3) is 4.45.